The van der Waals surface area contributed by atoms with E-state index in [0.717, 1.165) is 0 Å². The van der Waals surface area contributed by atoms with E-state index in [1.165, 1.54) is 60.4 Å². The van der Waals surface area contributed by atoms with Gasteiger partial charge in [0.1, 0.15) is 17.1 Å². The number of halogens is 2. The third kappa shape index (κ3) is 5.96. The van der Waals surface area contributed by atoms with Crippen LogP contribution in [0.5, 0.6) is 5.88 Å². The summed E-state index contributed by atoms with van der Waals surface area (Å²) in [6.07, 6.45) is 8.24. The van der Waals surface area contributed by atoms with Gasteiger partial charge in [-0.1, -0.05) is 41.9 Å². The van der Waals surface area contributed by atoms with E-state index in [4.69, 9.17) is 20.9 Å². The van der Waals surface area contributed by atoms with Gasteiger partial charge in [0.2, 0.25) is 5.88 Å². The molecule has 2 aromatic carbocycles. The van der Waals surface area contributed by atoms with E-state index in [9.17, 15) is 9.59 Å². The summed E-state index contributed by atoms with van der Waals surface area (Å²) in [5.41, 5.74) is -0.366. The van der Waals surface area contributed by atoms with Crippen LogP contribution in [0.25, 0.3) is 11.9 Å². The summed E-state index contributed by atoms with van der Waals surface area (Å²) in [6.45, 7) is 0.271. The van der Waals surface area contributed by atoms with Crippen LogP contribution in [0.1, 0.15) is 27.2 Å². The number of amides is 2. The Labute approximate surface area is 245 Å². The highest BCUT2D eigenvalue weighted by Crippen LogP contribution is 2.47. The predicted octanol–water partition coefficient (Wildman–Crippen LogP) is 4.52. The molecule has 2 atom stereocenters. The molecule has 0 unspecified atom stereocenters. The maximum Gasteiger partial charge on any atom is 0.409 e. The quantitative estimate of drug-likeness (QED) is 0.422. The molecule has 2 amide bonds. The van der Waals surface area contributed by atoms with Crippen molar-refractivity contribution in [3.8, 4) is 18.2 Å². The number of thioether (sulfide) groups is 1. The number of fused-ring (bicyclic) bond motifs is 1. The molecule has 12 heteroatoms. The van der Waals surface area contributed by atoms with E-state index in [2.05, 4.69) is 21.2 Å². The average molecular weight is 590 g/mol. The van der Waals surface area contributed by atoms with Crippen molar-refractivity contribution in [1.29, 1.82) is 0 Å². The van der Waals surface area contributed by atoms with Crippen molar-refractivity contribution in [2.24, 2.45) is 10.9 Å². The van der Waals surface area contributed by atoms with E-state index in [0.29, 0.717) is 22.0 Å². The lowest BCUT2D eigenvalue weighted by Crippen LogP contribution is -2.43. The molecule has 0 saturated carbocycles. The highest BCUT2D eigenvalue weighted by molar-refractivity contribution is 8.13. The van der Waals surface area contributed by atoms with E-state index < -0.39 is 23.3 Å². The molecule has 5 rings (SSSR count). The smallest absolute Gasteiger partial charge is 0.409 e. The third-order valence-corrected chi connectivity index (χ3v) is 7.92. The molecule has 0 aliphatic carbocycles. The summed E-state index contributed by atoms with van der Waals surface area (Å²) in [5.74, 6) is 0.936. The molecule has 1 N–H and O–H groups in total. The van der Waals surface area contributed by atoms with Crippen molar-refractivity contribution in [3.63, 3.8) is 0 Å². The van der Waals surface area contributed by atoms with Gasteiger partial charge in [0.05, 0.1) is 26.0 Å². The normalized spacial score (nSPS) is 19.8. The van der Waals surface area contributed by atoms with Crippen molar-refractivity contribution >= 4 is 40.8 Å². The number of carbonyl (C=O) groups is 2. The molecule has 214 valence electrons. The second kappa shape index (κ2) is 12.4. The second-order valence-electron chi connectivity index (χ2n) is 9.48. The van der Waals surface area contributed by atoms with E-state index in [1.54, 1.807) is 30.3 Å². The fourth-order valence-electron chi connectivity index (χ4n) is 4.88. The number of hydrogen-bond donors (Lipinski definition) is 1. The first-order chi connectivity index (χ1) is 20.3. The van der Waals surface area contributed by atoms with Crippen LogP contribution in [0.3, 0.4) is 0 Å². The van der Waals surface area contributed by atoms with Crippen LogP contribution in [-0.4, -0.2) is 64.6 Å². The van der Waals surface area contributed by atoms with Gasteiger partial charge in [-0.05, 0) is 35.9 Å². The second-order valence-corrected chi connectivity index (χ2v) is 10.5. The molecule has 1 fully saturated rings. The molecule has 3 heterocycles. The van der Waals surface area contributed by atoms with Crippen LogP contribution in [0.4, 0.5) is 13.6 Å². The SMILES string of the molecule is C#CCOc1cnc(/C(F)=C/c2ccc(F)c([C@]34CN(C(=O)OC)C[C@@H]3CSC(NC(=O)c3ccccc3)=N4)c2)cn1. The number of amidine groups is 1. The van der Waals surface area contributed by atoms with Crippen LogP contribution < -0.4 is 10.1 Å². The number of terminal acetylenes is 1. The Kier molecular flexibility index (Phi) is 8.49. The van der Waals surface area contributed by atoms with Crippen molar-refractivity contribution in [2.75, 3.05) is 32.6 Å². The van der Waals surface area contributed by atoms with Crippen molar-refractivity contribution in [2.45, 2.75) is 5.54 Å². The number of rotatable bonds is 6. The Morgan fingerprint density at radius 2 is 2.05 bits per heavy atom. The maximum absolute atomic E-state index is 15.6. The molecule has 42 heavy (non-hydrogen) atoms. The van der Waals surface area contributed by atoms with Crippen LogP contribution in [0, 0.1) is 24.1 Å². The molecule has 2 aliphatic rings. The molecular weight excluding hydrogens is 564 g/mol. The van der Waals surface area contributed by atoms with Gasteiger partial charge < -0.3 is 19.7 Å². The molecule has 0 bridgehead atoms. The van der Waals surface area contributed by atoms with Gasteiger partial charge in [0.25, 0.3) is 5.91 Å². The monoisotopic (exact) mass is 589 g/mol. The fraction of sp³-hybridized carbons (Fsp3) is 0.233. The van der Waals surface area contributed by atoms with Crippen LogP contribution >= 0.6 is 11.8 Å². The van der Waals surface area contributed by atoms with E-state index >= 15 is 8.78 Å². The largest absolute Gasteiger partial charge is 0.463 e. The van der Waals surface area contributed by atoms with Gasteiger partial charge in [0.15, 0.2) is 17.6 Å². The van der Waals surface area contributed by atoms with Gasteiger partial charge in [-0.15, -0.1) is 6.42 Å². The summed E-state index contributed by atoms with van der Waals surface area (Å²) in [7, 11) is 1.27. The minimum Gasteiger partial charge on any atom is -0.463 e. The van der Waals surface area contributed by atoms with Crippen LogP contribution in [-0.2, 0) is 10.3 Å². The number of nitrogens with zero attached hydrogens (tertiary/aromatic N) is 4. The Bertz CT molecular complexity index is 1590. The number of methoxy groups -OCH3 is 1. The van der Waals surface area contributed by atoms with Crippen molar-refractivity contribution in [3.05, 3.63) is 89.1 Å². The van der Waals surface area contributed by atoms with Gasteiger partial charge in [0, 0.05) is 29.3 Å². The zero-order valence-corrected chi connectivity index (χ0v) is 23.2. The lowest BCUT2D eigenvalue weighted by atomic mass is 9.81. The van der Waals surface area contributed by atoms with Crippen molar-refractivity contribution < 1.29 is 27.8 Å². The average Bonchev–Trinajstić information content (AvgIpc) is 3.41. The molecule has 3 aromatic rings. The molecular formula is C30H25F2N5O4S. The number of nitrogens with one attached hydrogen (secondary N) is 1. The number of hydrogen-bond acceptors (Lipinski definition) is 8. The van der Waals surface area contributed by atoms with Gasteiger partial charge in [-0.25, -0.2) is 28.5 Å². The summed E-state index contributed by atoms with van der Waals surface area (Å²) < 4.78 is 40.9. The molecule has 2 aliphatic heterocycles. The van der Waals surface area contributed by atoms with E-state index in [1.807, 2.05) is 0 Å². The lowest BCUT2D eigenvalue weighted by molar-refractivity contribution is 0.0977. The Morgan fingerprint density at radius 1 is 1.24 bits per heavy atom. The minimum atomic E-state index is -1.25. The lowest BCUT2D eigenvalue weighted by Gasteiger charge is -2.35. The summed E-state index contributed by atoms with van der Waals surface area (Å²) in [6, 6.07) is 12.8. The van der Waals surface area contributed by atoms with Crippen LogP contribution in [0.15, 0.2) is 65.9 Å². The van der Waals surface area contributed by atoms with E-state index in [-0.39, 0.29) is 48.7 Å². The first-order valence-electron chi connectivity index (χ1n) is 12.8. The summed E-state index contributed by atoms with van der Waals surface area (Å²) in [5, 5.41) is 3.11. The number of benzene rings is 2. The van der Waals surface area contributed by atoms with Crippen molar-refractivity contribution in [1.82, 2.24) is 20.2 Å². The van der Waals surface area contributed by atoms with Gasteiger partial charge in [-0.2, -0.15) is 0 Å². The first kappa shape index (κ1) is 28.8. The summed E-state index contributed by atoms with van der Waals surface area (Å²) in [4.78, 5) is 39.7. The molecule has 1 aromatic heterocycles. The standard InChI is InChI=1S/C30H25F2N5O4S/c1-3-11-41-26-15-33-25(14-34-26)24(32)13-19-9-10-23(31)22(12-19)30-18-37(29(39)40-2)16-21(30)17-42-28(36-30)35-27(38)20-7-5-4-6-8-20/h1,4-10,12-15,21H,11,16-18H2,2H3,(H,35,36,38)/b24-13-/t21-,30+/m1/s1. The zero-order valence-electron chi connectivity index (χ0n) is 22.4. The predicted molar refractivity (Wildman–Crippen MR) is 155 cm³/mol. The number of aromatic nitrogens is 2. The molecule has 1 saturated heterocycles. The molecule has 9 nitrogen and oxygen atoms in total. The van der Waals surface area contributed by atoms with Gasteiger partial charge >= 0.3 is 6.09 Å². The minimum absolute atomic E-state index is 0.000502. The number of likely N-dealkylation sites (tertiary alicyclic amines) is 1. The number of ether oxygens (including phenoxy) is 2. The Hall–Kier alpha value is -4.76. The highest BCUT2D eigenvalue weighted by atomic mass is 32.2. The zero-order chi connectivity index (χ0) is 29.7. The van der Waals surface area contributed by atoms with Crippen LogP contribution in [0.2, 0.25) is 0 Å². The number of aliphatic imine (C=N–C) groups is 1. The molecule has 0 radical (unpaired) electrons. The topological polar surface area (TPSA) is 106 Å². The maximum atomic E-state index is 15.6. The first-order valence-corrected chi connectivity index (χ1v) is 13.8. The highest BCUT2D eigenvalue weighted by Gasteiger charge is 2.53. The van der Waals surface area contributed by atoms with Gasteiger partial charge in [-0.3, -0.25) is 4.79 Å². The Balaban J connectivity index is 1.50. The molecule has 0 spiro atoms. The fourth-order valence-corrected chi connectivity index (χ4v) is 6.02. The number of carbonyl (C=O) groups excluding carboxylic acids is 2. The third-order valence-electron chi connectivity index (χ3n) is 6.89. The Morgan fingerprint density at radius 3 is 2.76 bits per heavy atom. The summed E-state index contributed by atoms with van der Waals surface area (Å²) >= 11 is 1.31.